The topological polar surface area (TPSA) is 428 Å². The van der Waals surface area contributed by atoms with Crippen LogP contribution in [0, 0.1) is 75.4 Å². The summed E-state index contributed by atoms with van der Waals surface area (Å²) < 4.78 is 116. The molecule has 6 aromatic rings. The Kier molecular flexibility index (Phi) is 32.8. The Balaban J connectivity index is 0.000000170. The lowest BCUT2D eigenvalue weighted by Gasteiger charge is -2.35. The molecule has 0 radical (unpaired) electrons. The molecule has 3 saturated heterocycles. The minimum Gasteiger partial charge on any atom is -0.497 e. The van der Waals surface area contributed by atoms with Gasteiger partial charge in [0.15, 0.2) is 0 Å². The number of hydrogen-bond donors (Lipinski definition) is 3. The predicted octanol–water partition coefficient (Wildman–Crippen LogP) is 16.9. The van der Waals surface area contributed by atoms with Crippen LogP contribution in [-0.2, 0) is 96.2 Å². The van der Waals surface area contributed by atoms with Gasteiger partial charge in [-0.1, -0.05) is 142 Å². The SMILES string of the molecule is CCC12CC1CCCCCc1nc3ccc(OC)cc3nc1O[C@H]1CN(C(=O)[C@H](C(C)(C)C)CC(=O)O2)[C@H](C(=O)O)[C@@H]1C.CCC12CC1CCCCCc1nc3ccc(OC)cc3nc1O[C@H]1CN(C(=O)[C@H](C(C)(C)C)CC(=O)O2)[C@H](C(=O)OC(C)(C)C)[C@@H]1C.CC[C@]12C[C@@H]1CCCCCc1nc3ccc(OC)cc3nc1O[C@H]1CN(C(=O)[C@H](C(C)(C)C)CC(=O)O2)[C@H](C(=O)N[C@]2(C(=O)NS(=O)(=O)C3(C)CC3)C[C@H]2C(F)F)[C@@H]1C. The molecule has 5 amide bonds. The van der Waals surface area contributed by atoms with Crippen LogP contribution >= 0.6 is 0 Å². The molecule has 3 aromatic carbocycles. The van der Waals surface area contributed by atoms with Crippen molar-refractivity contribution < 1.29 is 118 Å². The third-order valence-electron chi connectivity index (χ3n) is 33.6. The highest BCUT2D eigenvalue weighted by Crippen LogP contribution is 2.57. The molecule has 3 N–H and O–H groups in total. The van der Waals surface area contributed by atoms with Crippen molar-refractivity contribution in [3.63, 3.8) is 0 Å². The normalized spacial score (nSPS) is 30.7. The number of nitrogens with one attached hydrogen (secondary N) is 2. The number of ether oxygens (including phenoxy) is 10. The van der Waals surface area contributed by atoms with Crippen molar-refractivity contribution >= 4 is 103 Å². The first-order valence-electron chi connectivity index (χ1n) is 53.8. The third-order valence-corrected chi connectivity index (χ3v) is 35.8. The predicted molar refractivity (Wildman–Crippen MR) is 550 cm³/mol. The summed E-state index contributed by atoms with van der Waals surface area (Å²) in [6, 6.07) is 13.1. The molecule has 5 saturated carbocycles. The maximum absolute atomic E-state index is 14.9. The molecule has 4 unspecified atom stereocenters. The van der Waals surface area contributed by atoms with Crippen molar-refractivity contribution in [2.75, 3.05) is 41.0 Å². The fraction of sp³-hybridized carbons (Fsp3) is 0.696. The first kappa shape index (κ1) is 112. The number of carbonyl (C=O) groups excluding carboxylic acids is 9. The maximum atomic E-state index is 14.9. The zero-order valence-corrected chi connectivity index (χ0v) is 91.7. The number of halogens is 2. The van der Waals surface area contributed by atoms with E-state index in [1.54, 1.807) is 58.3 Å². The summed E-state index contributed by atoms with van der Waals surface area (Å²) in [6.07, 6.45) is 12.2. The smallest absolute Gasteiger partial charge is 0.329 e. The fourth-order valence-electron chi connectivity index (χ4n) is 23.2. The van der Waals surface area contributed by atoms with Gasteiger partial charge in [0.2, 0.25) is 57.7 Å². The number of fused-ring (bicyclic) bond motifs is 15. The van der Waals surface area contributed by atoms with Crippen molar-refractivity contribution in [1.82, 2.24) is 54.6 Å². The van der Waals surface area contributed by atoms with Crippen LogP contribution in [0.1, 0.15) is 303 Å². The Bertz CT molecular complexity index is 6160. The molecular weight excluding hydrogens is 1940 g/mol. The van der Waals surface area contributed by atoms with Gasteiger partial charge in [0, 0.05) is 53.7 Å². The minimum absolute atomic E-state index is 0.0591. The van der Waals surface area contributed by atoms with Crippen LogP contribution in [0.15, 0.2) is 54.6 Å². The molecule has 9 heterocycles. The first-order chi connectivity index (χ1) is 70.1. The summed E-state index contributed by atoms with van der Waals surface area (Å²) in [6.45, 7) is 35.4. The van der Waals surface area contributed by atoms with Gasteiger partial charge in [-0.25, -0.2) is 56.7 Å². The number of benzene rings is 3. The Hall–Kier alpha value is -11.0. The van der Waals surface area contributed by atoms with Crippen molar-refractivity contribution in [2.45, 2.75) is 380 Å². The van der Waals surface area contributed by atoms with Crippen LogP contribution in [0.3, 0.4) is 0 Å². The average molecular weight is 2090 g/mol. The largest absolute Gasteiger partial charge is 0.497 e. The van der Waals surface area contributed by atoms with Gasteiger partial charge in [0.05, 0.1) is 122 Å². The molecule has 149 heavy (non-hydrogen) atoms. The molecule has 17 rings (SSSR count). The summed E-state index contributed by atoms with van der Waals surface area (Å²) in [7, 11) is 0.505. The van der Waals surface area contributed by atoms with E-state index in [4.69, 9.17) is 77.3 Å². The molecule has 37 heteroatoms. The minimum atomic E-state index is -4.24. The number of aryl methyl sites for hydroxylation is 3. The molecule has 11 aliphatic rings. The van der Waals surface area contributed by atoms with Crippen LogP contribution < -0.4 is 38.5 Å². The second kappa shape index (κ2) is 43.6. The second-order valence-corrected chi connectivity index (χ2v) is 50.4. The molecule has 3 aromatic heterocycles. The molecule has 6 aliphatic heterocycles. The number of rotatable bonds is 14. The summed E-state index contributed by atoms with van der Waals surface area (Å²) in [4.78, 5) is 172. The van der Waals surface area contributed by atoms with Crippen molar-refractivity contribution in [1.29, 1.82) is 0 Å². The Labute approximate surface area is 873 Å². The van der Waals surface area contributed by atoms with E-state index in [1.807, 2.05) is 145 Å². The molecule has 5 aliphatic carbocycles. The zero-order chi connectivity index (χ0) is 108. The number of aromatic nitrogens is 6. The summed E-state index contributed by atoms with van der Waals surface area (Å²) in [5.41, 5.74) is -0.536. The molecular formula is C112H155F2N11O23S. The van der Waals surface area contributed by atoms with Gasteiger partial charge < -0.3 is 72.5 Å². The van der Waals surface area contributed by atoms with E-state index in [0.717, 1.165) is 132 Å². The van der Waals surface area contributed by atoms with Gasteiger partial charge in [0.25, 0.3) is 5.91 Å². The number of carbonyl (C=O) groups is 10. The monoisotopic (exact) mass is 2090 g/mol. The Morgan fingerprint density at radius 2 is 0.799 bits per heavy atom. The van der Waals surface area contributed by atoms with Crippen LogP contribution in [-0.4, -0.2) is 234 Å². The van der Waals surface area contributed by atoms with Crippen LogP contribution in [0.2, 0.25) is 0 Å². The standard InChI is InChI=1S/C42H57F2N5O9S.C37H53N3O7.C33H45N3O7/c1-8-41-20-24(41)12-10-9-11-13-29-36(46-30-18-25(56-7)14-15-28(30)45-29)57-31-22-49(37(52)26(39(3,4)5)19-32(50)58-41)33(23(31)2)35(51)47-42(21-27(42)34(43)44)38(53)48-59(54,55)40(6)16-17-40;1-10-37-20-23(37)14-12-11-13-15-27-32(39-28-18-24(44-9)16-17-26(28)38-27)45-29-21-40(31(22(29)2)34(43)47-36(6,7)8)33(42)25(35(3,4)5)19-30(41)46-37;1-7-33-17-20(33)11-9-8-10-12-24-29(35-25-15-21(41-6)13-14-23(25)34-24)42-26-18-36(28(19(26)2)31(39)40)30(38)22(32(3,4)5)16-27(37)43-33/h14-15,18,23-24,26-27,31,33-34H,8-13,16-17,19-22H2,1-7H3,(H,47,51)(H,48,53);16-18,22-23,25,29,31H,10-15,19-21H2,1-9H3;13-15,19-20,22,26,28H,7-12,16-18H2,1-6H3,(H,39,40)/t23-,24+,26-,27+,31+,33+,41+,42-;22-,23?,25-,29+,31+,37?;19-,20?,22-,26+,28+,33?/m111/s1. The number of nitrogens with zero attached hydrogens (tertiary/aromatic N) is 9. The van der Waals surface area contributed by atoms with Crippen LogP contribution in [0.5, 0.6) is 34.9 Å². The molecule has 34 nitrogen and oxygen atoms in total. The Morgan fingerprint density at radius 3 is 1.10 bits per heavy atom. The van der Waals surface area contributed by atoms with Gasteiger partial charge in [-0.05, 0) is 196 Å². The van der Waals surface area contributed by atoms with E-state index < -0.39 is 191 Å². The molecule has 0 spiro atoms. The third kappa shape index (κ3) is 24.5. The molecule has 20 atom stereocenters. The number of methoxy groups -OCH3 is 3. The zero-order valence-electron chi connectivity index (χ0n) is 90.8. The lowest BCUT2D eigenvalue weighted by molar-refractivity contribution is -0.167. The summed E-state index contributed by atoms with van der Waals surface area (Å²) in [5.74, 6) is -8.39. The van der Waals surface area contributed by atoms with Crippen molar-refractivity contribution in [2.24, 2.45) is 75.4 Å². The number of alkyl halides is 2. The Morgan fingerprint density at radius 1 is 0.470 bits per heavy atom. The van der Waals surface area contributed by atoms with Gasteiger partial charge >= 0.3 is 29.8 Å². The number of carboxylic acids is 1. The highest BCUT2D eigenvalue weighted by Gasteiger charge is 2.69. The van der Waals surface area contributed by atoms with Gasteiger partial charge in [-0.3, -0.25) is 43.1 Å². The van der Waals surface area contributed by atoms with E-state index in [-0.39, 0.29) is 68.5 Å². The first-order valence-corrected chi connectivity index (χ1v) is 55.3. The van der Waals surface area contributed by atoms with Gasteiger partial charge in [0.1, 0.15) is 98.7 Å². The molecule has 816 valence electrons. The number of aliphatic carboxylic acids is 1. The summed E-state index contributed by atoms with van der Waals surface area (Å²) >= 11 is 0. The summed E-state index contributed by atoms with van der Waals surface area (Å²) in [5, 5.41) is 12.8. The number of carboxylic acid groups (broad SMARTS) is 1. The highest BCUT2D eigenvalue weighted by molar-refractivity contribution is 7.91. The number of hydrogen-bond acceptors (Lipinski definition) is 28. The molecule has 6 bridgehead atoms. The lowest BCUT2D eigenvalue weighted by Crippen LogP contribution is -2.59. The van der Waals surface area contributed by atoms with E-state index >= 15 is 0 Å². The van der Waals surface area contributed by atoms with E-state index in [0.29, 0.717) is 107 Å². The average Bonchev–Trinajstić information content (AvgIpc) is 1.55. The van der Waals surface area contributed by atoms with Crippen molar-refractivity contribution in [3.8, 4) is 34.9 Å². The van der Waals surface area contributed by atoms with Gasteiger partial charge in [-0.15, -0.1) is 0 Å². The second-order valence-electron chi connectivity index (χ2n) is 48.3. The quantitative estimate of drug-likeness (QED) is 0.0673. The van der Waals surface area contributed by atoms with Crippen molar-refractivity contribution in [3.05, 3.63) is 71.7 Å². The van der Waals surface area contributed by atoms with Crippen LogP contribution in [0.25, 0.3) is 33.1 Å². The molecule has 8 fully saturated rings. The van der Waals surface area contributed by atoms with E-state index in [9.17, 15) is 70.3 Å². The van der Waals surface area contributed by atoms with Gasteiger partial charge in [-0.2, -0.15) is 0 Å². The fourth-order valence-corrected chi connectivity index (χ4v) is 24.5. The number of esters is 4. The van der Waals surface area contributed by atoms with E-state index in [1.165, 1.54) is 16.7 Å². The highest BCUT2D eigenvalue weighted by atomic mass is 32.2. The number of sulfonamides is 1. The van der Waals surface area contributed by atoms with Crippen LogP contribution in [0.4, 0.5) is 8.78 Å². The maximum Gasteiger partial charge on any atom is 0.329 e. The lowest BCUT2D eigenvalue weighted by atomic mass is 9.77. The van der Waals surface area contributed by atoms with E-state index in [2.05, 4.69) is 12.2 Å². The number of amides is 5.